The van der Waals surface area contributed by atoms with E-state index in [0.717, 1.165) is 41.8 Å². The molecule has 3 aromatic rings. The van der Waals surface area contributed by atoms with Crippen LogP contribution in [0.2, 0.25) is 0 Å². The third-order valence-electron chi connectivity index (χ3n) is 5.61. The number of carbonyl (C=O) groups is 1. The first-order chi connectivity index (χ1) is 14.6. The predicted octanol–water partition coefficient (Wildman–Crippen LogP) is 4.32. The van der Waals surface area contributed by atoms with Gasteiger partial charge in [-0.25, -0.2) is 14.4 Å². The molecule has 6 heteroatoms. The molecule has 0 aliphatic carbocycles. The number of likely N-dealkylation sites (tertiary alicyclic amines) is 1. The topological polar surface area (TPSA) is 59.0 Å². The zero-order valence-corrected chi connectivity index (χ0v) is 17.1. The van der Waals surface area contributed by atoms with Gasteiger partial charge >= 0.3 is 0 Å². The summed E-state index contributed by atoms with van der Waals surface area (Å²) in [6.45, 7) is 3.30. The summed E-state index contributed by atoms with van der Waals surface area (Å²) in [5, 5.41) is 0. The van der Waals surface area contributed by atoms with E-state index in [0.29, 0.717) is 25.2 Å². The molecule has 30 heavy (non-hydrogen) atoms. The highest BCUT2D eigenvalue weighted by molar-refractivity contribution is 5.76. The van der Waals surface area contributed by atoms with Crippen molar-refractivity contribution >= 4 is 5.91 Å². The maximum absolute atomic E-state index is 13.4. The Balaban J connectivity index is 1.51. The SMILES string of the molecule is Cc1ncc(-c2ccc(F)cc2)c(C2CCCN(C(=O)CCc3cccnc3)C2)n1. The fourth-order valence-electron chi connectivity index (χ4n) is 4.03. The standard InChI is InChI=1S/C24H25FN4O/c1-17-27-15-22(19-7-9-21(25)10-8-19)24(28-17)20-5-3-13-29(16-20)23(30)11-6-18-4-2-12-26-14-18/h2,4,7-10,12,14-15,20H,3,5-6,11,13,16H2,1H3. The lowest BCUT2D eigenvalue weighted by Crippen LogP contribution is -2.39. The van der Waals surface area contributed by atoms with E-state index in [1.165, 1.54) is 12.1 Å². The van der Waals surface area contributed by atoms with Crippen LogP contribution in [0.4, 0.5) is 4.39 Å². The summed E-state index contributed by atoms with van der Waals surface area (Å²) in [4.78, 5) is 28.0. The van der Waals surface area contributed by atoms with Crippen LogP contribution >= 0.6 is 0 Å². The molecule has 1 amide bonds. The predicted molar refractivity (Wildman–Crippen MR) is 113 cm³/mol. The molecule has 1 aromatic carbocycles. The van der Waals surface area contributed by atoms with Crippen molar-refractivity contribution in [1.29, 1.82) is 0 Å². The first kappa shape index (κ1) is 20.1. The van der Waals surface area contributed by atoms with Crippen molar-refractivity contribution in [2.75, 3.05) is 13.1 Å². The van der Waals surface area contributed by atoms with Gasteiger partial charge in [0.15, 0.2) is 0 Å². The quantitative estimate of drug-likeness (QED) is 0.635. The molecular formula is C24H25FN4O. The fraction of sp³-hybridized carbons (Fsp3) is 0.333. The van der Waals surface area contributed by atoms with Crippen LogP contribution in [0.5, 0.6) is 0 Å². The number of carbonyl (C=O) groups excluding carboxylic acids is 1. The van der Waals surface area contributed by atoms with E-state index in [1.807, 2.05) is 36.4 Å². The van der Waals surface area contributed by atoms with E-state index in [4.69, 9.17) is 4.98 Å². The maximum atomic E-state index is 13.4. The van der Waals surface area contributed by atoms with Crippen molar-refractivity contribution < 1.29 is 9.18 Å². The second-order valence-electron chi connectivity index (χ2n) is 7.76. The summed E-state index contributed by atoms with van der Waals surface area (Å²) in [5.74, 6) is 0.743. The number of aromatic nitrogens is 3. The summed E-state index contributed by atoms with van der Waals surface area (Å²) >= 11 is 0. The Morgan fingerprint density at radius 1 is 1.20 bits per heavy atom. The van der Waals surface area contributed by atoms with Gasteiger partial charge in [-0.1, -0.05) is 18.2 Å². The molecule has 5 nitrogen and oxygen atoms in total. The van der Waals surface area contributed by atoms with Crippen molar-refractivity contribution in [2.24, 2.45) is 0 Å². The third-order valence-corrected chi connectivity index (χ3v) is 5.61. The molecule has 3 heterocycles. The van der Waals surface area contributed by atoms with Gasteiger partial charge in [0.1, 0.15) is 11.6 Å². The van der Waals surface area contributed by atoms with Gasteiger partial charge in [-0.05, 0) is 55.5 Å². The Morgan fingerprint density at radius 2 is 2.03 bits per heavy atom. The minimum atomic E-state index is -0.267. The summed E-state index contributed by atoms with van der Waals surface area (Å²) in [7, 11) is 0. The Kier molecular flexibility index (Phi) is 6.12. The van der Waals surface area contributed by atoms with Gasteiger partial charge in [-0.3, -0.25) is 9.78 Å². The number of hydrogen-bond donors (Lipinski definition) is 0. The van der Waals surface area contributed by atoms with E-state index in [1.54, 1.807) is 18.3 Å². The highest BCUT2D eigenvalue weighted by atomic mass is 19.1. The first-order valence-electron chi connectivity index (χ1n) is 10.4. The molecule has 1 unspecified atom stereocenters. The maximum Gasteiger partial charge on any atom is 0.222 e. The zero-order valence-electron chi connectivity index (χ0n) is 17.1. The molecule has 0 bridgehead atoms. The lowest BCUT2D eigenvalue weighted by atomic mass is 9.89. The van der Waals surface area contributed by atoms with Gasteiger partial charge in [-0.2, -0.15) is 0 Å². The van der Waals surface area contributed by atoms with Crippen LogP contribution in [-0.2, 0) is 11.2 Å². The number of nitrogens with zero attached hydrogens (tertiary/aromatic N) is 4. The van der Waals surface area contributed by atoms with Gasteiger partial charge in [-0.15, -0.1) is 0 Å². The van der Waals surface area contributed by atoms with E-state index >= 15 is 0 Å². The molecule has 2 aromatic heterocycles. The number of benzene rings is 1. The highest BCUT2D eigenvalue weighted by Crippen LogP contribution is 2.33. The zero-order chi connectivity index (χ0) is 20.9. The highest BCUT2D eigenvalue weighted by Gasteiger charge is 2.27. The van der Waals surface area contributed by atoms with E-state index in [2.05, 4.69) is 9.97 Å². The number of pyridine rings is 1. The molecule has 0 spiro atoms. The first-order valence-corrected chi connectivity index (χ1v) is 10.4. The second-order valence-corrected chi connectivity index (χ2v) is 7.76. The fourth-order valence-corrected chi connectivity index (χ4v) is 4.03. The average Bonchev–Trinajstić information content (AvgIpc) is 2.79. The van der Waals surface area contributed by atoms with Crippen molar-refractivity contribution in [3.05, 3.63) is 77.9 Å². The minimum Gasteiger partial charge on any atom is -0.342 e. The smallest absolute Gasteiger partial charge is 0.222 e. The molecule has 1 fully saturated rings. The van der Waals surface area contributed by atoms with Gasteiger partial charge in [0.2, 0.25) is 5.91 Å². The Bertz CT molecular complexity index is 1010. The largest absolute Gasteiger partial charge is 0.342 e. The van der Waals surface area contributed by atoms with E-state index in [9.17, 15) is 9.18 Å². The molecule has 4 rings (SSSR count). The lowest BCUT2D eigenvalue weighted by Gasteiger charge is -2.33. The van der Waals surface area contributed by atoms with Crippen LogP contribution in [0.15, 0.2) is 55.0 Å². The van der Waals surface area contributed by atoms with Gasteiger partial charge in [0.25, 0.3) is 0 Å². The minimum absolute atomic E-state index is 0.142. The number of amides is 1. The average molecular weight is 404 g/mol. The van der Waals surface area contributed by atoms with Crippen LogP contribution in [0.1, 0.15) is 42.3 Å². The van der Waals surface area contributed by atoms with E-state index in [-0.39, 0.29) is 17.6 Å². The molecule has 1 atom stereocenters. The molecule has 0 N–H and O–H groups in total. The van der Waals surface area contributed by atoms with Crippen LogP contribution in [0.25, 0.3) is 11.1 Å². The van der Waals surface area contributed by atoms with E-state index < -0.39 is 0 Å². The second kappa shape index (κ2) is 9.11. The molecule has 154 valence electrons. The molecule has 1 aliphatic rings. The van der Waals surface area contributed by atoms with Crippen molar-refractivity contribution in [3.8, 4) is 11.1 Å². The Hall–Kier alpha value is -3.15. The third kappa shape index (κ3) is 4.70. The number of hydrogen-bond acceptors (Lipinski definition) is 4. The number of rotatable bonds is 5. The number of piperidine rings is 1. The molecule has 0 saturated carbocycles. The monoisotopic (exact) mass is 404 g/mol. The van der Waals surface area contributed by atoms with Crippen LogP contribution in [-0.4, -0.2) is 38.8 Å². The molecule has 1 aliphatic heterocycles. The van der Waals surface area contributed by atoms with Crippen LogP contribution in [0, 0.1) is 12.7 Å². The normalized spacial score (nSPS) is 16.5. The number of aryl methyl sites for hydroxylation is 2. The molecule has 0 radical (unpaired) electrons. The molecular weight excluding hydrogens is 379 g/mol. The summed E-state index contributed by atoms with van der Waals surface area (Å²) < 4.78 is 13.4. The van der Waals surface area contributed by atoms with Gasteiger partial charge < -0.3 is 4.90 Å². The molecule has 1 saturated heterocycles. The lowest BCUT2D eigenvalue weighted by molar-refractivity contribution is -0.132. The van der Waals surface area contributed by atoms with Crippen molar-refractivity contribution in [1.82, 2.24) is 19.9 Å². The van der Waals surface area contributed by atoms with Crippen molar-refractivity contribution in [2.45, 2.75) is 38.5 Å². The summed E-state index contributed by atoms with van der Waals surface area (Å²) in [6, 6.07) is 10.3. The Morgan fingerprint density at radius 3 is 2.80 bits per heavy atom. The van der Waals surface area contributed by atoms with Crippen LogP contribution < -0.4 is 0 Å². The number of halogens is 1. The van der Waals surface area contributed by atoms with Gasteiger partial charge in [0, 0.05) is 49.6 Å². The van der Waals surface area contributed by atoms with Crippen LogP contribution in [0.3, 0.4) is 0 Å². The Labute approximate surface area is 176 Å². The van der Waals surface area contributed by atoms with Gasteiger partial charge in [0.05, 0.1) is 5.69 Å². The summed E-state index contributed by atoms with van der Waals surface area (Å²) in [5.41, 5.74) is 3.82. The summed E-state index contributed by atoms with van der Waals surface area (Å²) in [6.07, 6.45) is 8.45. The van der Waals surface area contributed by atoms with Crippen molar-refractivity contribution in [3.63, 3.8) is 0 Å².